The highest BCUT2D eigenvalue weighted by molar-refractivity contribution is 5.42. The molecule has 34 heavy (non-hydrogen) atoms. The van der Waals surface area contributed by atoms with Crippen LogP contribution in [0.1, 0.15) is 42.3 Å². The zero-order valence-corrected chi connectivity index (χ0v) is 20.4. The number of aromatic hydroxyl groups is 1. The highest BCUT2D eigenvalue weighted by Gasteiger charge is 2.31. The van der Waals surface area contributed by atoms with Gasteiger partial charge in [-0.15, -0.1) is 0 Å². The van der Waals surface area contributed by atoms with Gasteiger partial charge in [-0.2, -0.15) is 0 Å². The Kier molecular flexibility index (Phi) is 7.70. The molecule has 2 aromatic carbocycles. The first-order valence-corrected chi connectivity index (χ1v) is 12.2. The van der Waals surface area contributed by atoms with E-state index >= 15 is 0 Å². The maximum atomic E-state index is 13.9. The Hall–Kier alpha value is -3.09. The van der Waals surface area contributed by atoms with Crippen LogP contribution in [-0.2, 0) is 6.54 Å². The predicted molar refractivity (Wildman–Crippen MR) is 136 cm³/mol. The van der Waals surface area contributed by atoms with Crippen LogP contribution in [0.4, 0.5) is 0 Å². The van der Waals surface area contributed by atoms with E-state index in [-0.39, 0.29) is 17.4 Å². The first-order chi connectivity index (χ1) is 16.5. The summed E-state index contributed by atoms with van der Waals surface area (Å²) in [6, 6.07) is 19.3. The van der Waals surface area contributed by atoms with E-state index in [1.165, 1.54) is 0 Å². The molecule has 0 unspecified atom stereocenters. The maximum Gasteiger partial charge on any atom is 0.259 e. The Morgan fingerprint density at radius 1 is 0.971 bits per heavy atom. The van der Waals surface area contributed by atoms with E-state index in [1.807, 2.05) is 68.4 Å². The van der Waals surface area contributed by atoms with Gasteiger partial charge in [-0.25, -0.2) is 0 Å². The zero-order chi connectivity index (χ0) is 24.1. The van der Waals surface area contributed by atoms with Gasteiger partial charge in [0.2, 0.25) is 0 Å². The van der Waals surface area contributed by atoms with E-state index in [0.717, 1.165) is 55.3 Å². The molecule has 1 aliphatic heterocycles. The van der Waals surface area contributed by atoms with Gasteiger partial charge in [0.25, 0.3) is 5.56 Å². The Morgan fingerprint density at radius 2 is 1.65 bits per heavy atom. The fraction of sp³-hybridized carbons (Fsp3) is 0.393. The molecule has 3 aromatic rings. The van der Waals surface area contributed by atoms with Crippen molar-refractivity contribution in [1.82, 2.24) is 14.4 Å². The van der Waals surface area contributed by atoms with Gasteiger partial charge in [-0.3, -0.25) is 9.69 Å². The summed E-state index contributed by atoms with van der Waals surface area (Å²) < 4.78 is 7.41. The standard InChI is InChI=1S/C28H35N3O3/c1-4-29-15-17-30(18-16-29)27(23-11-13-24(14-12-23)34-5-2)26-25(32)19-21(3)31(28(26)33)20-22-9-7-6-8-10-22/h6-14,19,27,32H,4-5,15-18,20H2,1-3H3/t27-/m0/s1. The summed E-state index contributed by atoms with van der Waals surface area (Å²) in [4.78, 5) is 18.6. The molecule has 180 valence electrons. The van der Waals surface area contributed by atoms with Crippen LogP contribution in [0.5, 0.6) is 11.5 Å². The third-order valence-corrected chi connectivity index (χ3v) is 6.71. The molecule has 1 atom stereocenters. The summed E-state index contributed by atoms with van der Waals surface area (Å²) in [7, 11) is 0. The summed E-state index contributed by atoms with van der Waals surface area (Å²) in [6.07, 6.45) is 0. The minimum Gasteiger partial charge on any atom is -0.507 e. The number of likely N-dealkylation sites (N-methyl/N-ethyl adjacent to an activating group) is 1. The van der Waals surface area contributed by atoms with E-state index in [0.29, 0.717) is 18.7 Å². The highest BCUT2D eigenvalue weighted by atomic mass is 16.5. The monoisotopic (exact) mass is 461 g/mol. The van der Waals surface area contributed by atoms with E-state index in [1.54, 1.807) is 10.6 Å². The molecular formula is C28H35N3O3. The van der Waals surface area contributed by atoms with Crippen molar-refractivity contribution in [3.63, 3.8) is 0 Å². The first-order valence-electron chi connectivity index (χ1n) is 12.2. The van der Waals surface area contributed by atoms with Crippen molar-refractivity contribution >= 4 is 0 Å². The van der Waals surface area contributed by atoms with Crippen molar-refractivity contribution in [2.24, 2.45) is 0 Å². The van der Waals surface area contributed by atoms with Gasteiger partial charge in [0.15, 0.2) is 0 Å². The second-order valence-corrected chi connectivity index (χ2v) is 8.84. The molecule has 1 aromatic heterocycles. The summed E-state index contributed by atoms with van der Waals surface area (Å²) in [5, 5.41) is 11.1. The molecule has 4 rings (SSSR count). The van der Waals surface area contributed by atoms with Gasteiger partial charge in [0.1, 0.15) is 11.5 Å². The lowest BCUT2D eigenvalue weighted by Gasteiger charge is -2.39. The lowest BCUT2D eigenvalue weighted by molar-refractivity contribution is 0.111. The minimum atomic E-state index is -0.329. The Bertz CT molecular complexity index is 1130. The van der Waals surface area contributed by atoms with Crippen molar-refractivity contribution in [3.05, 3.63) is 93.4 Å². The van der Waals surface area contributed by atoms with E-state index in [2.05, 4.69) is 16.7 Å². The lowest BCUT2D eigenvalue weighted by atomic mass is 9.95. The van der Waals surface area contributed by atoms with Crippen LogP contribution in [0.3, 0.4) is 0 Å². The summed E-state index contributed by atoms with van der Waals surface area (Å²) in [6.45, 7) is 11.6. The van der Waals surface area contributed by atoms with Gasteiger partial charge >= 0.3 is 0 Å². The van der Waals surface area contributed by atoms with E-state index in [9.17, 15) is 9.90 Å². The highest BCUT2D eigenvalue weighted by Crippen LogP contribution is 2.34. The van der Waals surface area contributed by atoms with Crippen LogP contribution >= 0.6 is 0 Å². The molecule has 6 nitrogen and oxygen atoms in total. The fourth-order valence-electron chi connectivity index (χ4n) is 4.80. The summed E-state index contributed by atoms with van der Waals surface area (Å²) >= 11 is 0. The number of pyridine rings is 1. The van der Waals surface area contributed by atoms with Gasteiger partial charge in [0.05, 0.1) is 24.8 Å². The average Bonchev–Trinajstić information content (AvgIpc) is 2.86. The number of benzene rings is 2. The second-order valence-electron chi connectivity index (χ2n) is 8.84. The molecule has 1 fully saturated rings. The van der Waals surface area contributed by atoms with E-state index < -0.39 is 0 Å². The van der Waals surface area contributed by atoms with Crippen LogP contribution < -0.4 is 10.3 Å². The zero-order valence-electron chi connectivity index (χ0n) is 20.4. The van der Waals surface area contributed by atoms with Crippen molar-refractivity contribution in [2.45, 2.75) is 33.4 Å². The van der Waals surface area contributed by atoms with Crippen molar-refractivity contribution < 1.29 is 9.84 Å². The predicted octanol–water partition coefficient (Wildman–Crippen LogP) is 4.04. The van der Waals surface area contributed by atoms with Crippen molar-refractivity contribution in [2.75, 3.05) is 39.3 Å². The van der Waals surface area contributed by atoms with Crippen molar-refractivity contribution in [1.29, 1.82) is 0 Å². The van der Waals surface area contributed by atoms with Crippen LogP contribution in [0.15, 0.2) is 65.5 Å². The largest absolute Gasteiger partial charge is 0.507 e. The first kappa shape index (κ1) is 24.0. The SMILES string of the molecule is CCOc1ccc([C@@H](c2c(O)cc(C)n(Cc3ccccc3)c2=O)N2CCN(CC)CC2)cc1. The molecular weight excluding hydrogens is 426 g/mol. The van der Waals surface area contributed by atoms with Crippen LogP contribution in [0.2, 0.25) is 0 Å². The second kappa shape index (κ2) is 10.9. The Labute approximate surface area is 202 Å². The minimum absolute atomic E-state index is 0.0589. The quantitative estimate of drug-likeness (QED) is 0.549. The number of piperazine rings is 1. The van der Waals surface area contributed by atoms with Gasteiger partial charge in [0, 0.05) is 31.9 Å². The van der Waals surface area contributed by atoms with Crippen LogP contribution in [-0.4, -0.2) is 58.8 Å². The number of hydrogen-bond donors (Lipinski definition) is 1. The van der Waals surface area contributed by atoms with Gasteiger partial charge in [-0.05, 0) is 49.7 Å². The number of nitrogens with zero attached hydrogens (tertiary/aromatic N) is 3. The molecule has 1 aliphatic rings. The molecule has 6 heteroatoms. The Balaban J connectivity index is 1.79. The maximum absolute atomic E-state index is 13.9. The Morgan fingerprint density at radius 3 is 2.26 bits per heavy atom. The molecule has 1 N–H and O–H groups in total. The smallest absolute Gasteiger partial charge is 0.259 e. The topological polar surface area (TPSA) is 57.9 Å². The molecule has 1 saturated heterocycles. The van der Waals surface area contributed by atoms with Crippen LogP contribution in [0.25, 0.3) is 0 Å². The average molecular weight is 462 g/mol. The third-order valence-electron chi connectivity index (χ3n) is 6.71. The fourth-order valence-corrected chi connectivity index (χ4v) is 4.80. The summed E-state index contributed by atoms with van der Waals surface area (Å²) in [5.74, 6) is 0.860. The number of hydrogen-bond acceptors (Lipinski definition) is 5. The summed E-state index contributed by atoms with van der Waals surface area (Å²) in [5.41, 5.74) is 3.08. The molecule has 2 heterocycles. The molecule has 0 bridgehead atoms. The van der Waals surface area contributed by atoms with Gasteiger partial charge in [-0.1, -0.05) is 49.4 Å². The number of aromatic nitrogens is 1. The lowest BCUT2D eigenvalue weighted by Crippen LogP contribution is -2.48. The number of rotatable bonds is 8. The normalized spacial score (nSPS) is 15.9. The molecule has 0 saturated carbocycles. The molecule has 0 aliphatic carbocycles. The van der Waals surface area contributed by atoms with Crippen LogP contribution in [0, 0.1) is 6.92 Å². The number of aryl methyl sites for hydroxylation is 1. The molecule has 0 radical (unpaired) electrons. The van der Waals surface area contributed by atoms with E-state index in [4.69, 9.17) is 4.74 Å². The number of ether oxygens (including phenoxy) is 1. The van der Waals surface area contributed by atoms with Gasteiger partial charge < -0.3 is 19.3 Å². The molecule has 0 spiro atoms. The third kappa shape index (κ3) is 5.18. The van der Waals surface area contributed by atoms with Crippen molar-refractivity contribution in [3.8, 4) is 11.5 Å². The molecule has 0 amide bonds.